The molecule has 4 nitrogen and oxygen atoms in total. The Morgan fingerprint density at radius 1 is 1.03 bits per heavy atom. The number of hydrogen-bond donors (Lipinski definition) is 2. The number of pyridine rings is 1. The summed E-state index contributed by atoms with van der Waals surface area (Å²) in [6.07, 6.45) is 11.1. The number of aromatic nitrogens is 1. The van der Waals surface area contributed by atoms with E-state index in [0.717, 1.165) is 38.0 Å². The highest BCUT2D eigenvalue weighted by atomic mass is 16.5. The Morgan fingerprint density at radius 3 is 2.53 bits per heavy atom. The number of benzene rings is 1. The molecule has 3 aliphatic rings. The van der Waals surface area contributed by atoms with E-state index >= 15 is 0 Å². The van der Waals surface area contributed by atoms with Gasteiger partial charge in [0, 0.05) is 30.5 Å². The number of fused-ring (bicyclic) bond motifs is 1. The van der Waals surface area contributed by atoms with E-state index in [9.17, 15) is 5.11 Å². The fourth-order valence-electron chi connectivity index (χ4n) is 5.49. The van der Waals surface area contributed by atoms with Crippen LogP contribution in [0.25, 0.3) is 0 Å². The summed E-state index contributed by atoms with van der Waals surface area (Å²) in [5.74, 6) is 0.619. The molecule has 1 saturated carbocycles. The van der Waals surface area contributed by atoms with E-state index in [1.807, 2.05) is 30.5 Å². The monoisotopic (exact) mass is 408 g/mol. The SMILES string of the molecule is CCN[C@H]1CC[C@@H](O)c2ccccc21.c1ccc(C2CCOC3(CCCC3)C2)nc1. The summed E-state index contributed by atoms with van der Waals surface area (Å²) >= 11 is 0. The van der Waals surface area contributed by atoms with Crippen molar-refractivity contribution >= 4 is 0 Å². The van der Waals surface area contributed by atoms with Crippen molar-refractivity contribution in [3.05, 3.63) is 65.5 Å². The van der Waals surface area contributed by atoms with Crippen LogP contribution in [0, 0.1) is 0 Å². The molecule has 1 unspecified atom stereocenters. The van der Waals surface area contributed by atoms with Gasteiger partial charge in [-0.25, -0.2) is 0 Å². The summed E-state index contributed by atoms with van der Waals surface area (Å²) in [6.45, 7) is 4.02. The van der Waals surface area contributed by atoms with Gasteiger partial charge in [-0.15, -0.1) is 0 Å². The predicted octanol–water partition coefficient (Wildman–Crippen LogP) is 5.45. The highest BCUT2D eigenvalue weighted by molar-refractivity contribution is 5.33. The van der Waals surface area contributed by atoms with E-state index in [2.05, 4.69) is 35.4 Å². The van der Waals surface area contributed by atoms with Crippen LogP contribution < -0.4 is 5.32 Å². The molecule has 1 aliphatic heterocycles. The number of ether oxygens (including phenoxy) is 1. The molecule has 1 aromatic heterocycles. The van der Waals surface area contributed by atoms with Crippen molar-refractivity contribution in [3.8, 4) is 0 Å². The van der Waals surface area contributed by atoms with Crippen LogP contribution in [0.2, 0.25) is 0 Å². The molecule has 1 spiro atoms. The molecule has 1 saturated heterocycles. The summed E-state index contributed by atoms with van der Waals surface area (Å²) in [6, 6.07) is 14.9. The van der Waals surface area contributed by atoms with Crippen molar-refractivity contribution in [2.24, 2.45) is 0 Å². The van der Waals surface area contributed by atoms with Crippen molar-refractivity contribution in [1.29, 1.82) is 0 Å². The average Bonchev–Trinajstić information content (AvgIpc) is 3.24. The quantitative estimate of drug-likeness (QED) is 0.709. The van der Waals surface area contributed by atoms with Crippen LogP contribution in [-0.2, 0) is 4.74 Å². The highest BCUT2D eigenvalue weighted by Gasteiger charge is 2.40. The van der Waals surface area contributed by atoms with Gasteiger partial charge in [0.2, 0.25) is 0 Å². The Labute approximate surface area is 181 Å². The van der Waals surface area contributed by atoms with Gasteiger partial charge in [0.15, 0.2) is 0 Å². The van der Waals surface area contributed by atoms with Crippen molar-refractivity contribution in [2.75, 3.05) is 13.2 Å². The van der Waals surface area contributed by atoms with Crippen LogP contribution in [0.5, 0.6) is 0 Å². The second-order valence-corrected chi connectivity index (χ2v) is 9.02. The number of hydrogen-bond acceptors (Lipinski definition) is 4. The summed E-state index contributed by atoms with van der Waals surface area (Å²) in [5, 5.41) is 13.3. The van der Waals surface area contributed by atoms with Crippen molar-refractivity contribution in [3.63, 3.8) is 0 Å². The third-order valence-corrected chi connectivity index (χ3v) is 7.02. The first-order valence-corrected chi connectivity index (χ1v) is 11.8. The molecule has 1 aromatic carbocycles. The van der Waals surface area contributed by atoms with Gasteiger partial charge in [0.25, 0.3) is 0 Å². The molecule has 162 valence electrons. The second-order valence-electron chi connectivity index (χ2n) is 9.02. The maximum atomic E-state index is 9.82. The van der Waals surface area contributed by atoms with Crippen LogP contribution >= 0.6 is 0 Å². The third-order valence-electron chi connectivity index (χ3n) is 7.02. The Bertz CT molecular complexity index is 789. The number of aliphatic hydroxyl groups is 1. The maximum absolute atomic E-state index is 9.82. The average molecular weight is 409 g/mol. The minimum Gasteiger partial charge on any atom is -0.388 e. The number of nitrogens with one attached hydrogen (secondary N) is 1. The molecule has 3 atom stereocenters. The molecule has 2 aromatic rings. The lowest BCUT2D eigenvalue weighted by Crippen LogP contribution is -2.36. The van der Waals surface area contributed by atoms with Gasteiger partial charge in [0.05, 0.1) is 11.7 Å². The van der Waals surface area contributed by atoms with Crippen molar-refractivity contribution in [1.82, 2.24) is 10.3 Å². The van der Waals surface area contributed by atoms with Crippen LogP contribution in [0.1, 0.15) is 93.2 Å². The number of nitrogens with zero attached hydrogens (tertiary/aromatic N) is 1. The van der Waals surface area contributed by atoms with Gasteiger partial charge in [0.1, 0.15) is 0 Å². The van der Waals surface area contributed by atoms with Crippen LogP contribution in [0.15, 0.2) is 48.7 Å². The van der Waals surface area contributed by atoms with E-state index < -0.39 is 0 Å². The molecule has 2 aliphatic carbocycles. The highest BCUT2D eigenvalue weighted by Crippen LogP contribution is 2.44. The lowest BCUT2D eigenvalue weighted by molar-refractivity contribution is -0.0809. The van der Waals surface area contributed by atoms with Crippen LogP contribution in [0.4, 0.5) is 0 Å². The Balaban J connectivity index is 0.000000147. The Morgan fingerprint density at radius 2 is 1.80 bits per heavy atom. The number of aliphatic hydroxyl groups excluding tert-OH is 1. The first-order chi connectivity index (χ1) is 14.7. The Kier molecular flexibility index (Phi) is 7.19. The van der Waals surface area contributed by atoms with Gasteiger partial charge < -0.3 is 15.2 Å². The van der Waals surface area contributed by atoms with Crippen molar-refractivity contribution in [2.45, 2.75) is 82.0 Å². The minimum atomic E-state index is -0.263. The molecule has 2 fully saturated rings. The lowest BCUT2D eigenvalue weighted by Gasteiger charge is -2.38. The molecule has 4 heteroatoms. The molecule has 5 rings (SSSR count). The molecule has 30 heavy (non-hydrogen) atoms. The summed E-state index contributed by atoms with van der Waals surface area (Å²) in [7, 11) is 0. The minimum absolute atomic E-state index is 0.209. The first kappa shape index (κ1) is 21.5. The molecule has 2 N–H and O–H groups in total. The molecular formula is C26H36N2O2. The maximum Gasteiger partial charge on any atom is 0.0794 e. The summed E-state index contributed by atoms with van der Waals surface area (Å²) in [4.78, 5) is 4.50. The third kappa shape index (κ3) is 4.93. The van der Waals surface area contributed by atoms with Crippen LogP contribution in [0.3, 0.4) is 0 Å². The smallest absolute Gasteiger partial charge is 0.0794 e. The topological polar surface area (TPSA) is 54.4 Å². The van der Waals surface area contributed by atoms with E-state index in [1.165, 1.54) is 43.4 Å². The van der Waals surface area contributed by atoms with E-state index in [0.29, 0.717) is 12.0 Å². The molecule has 0 bridgehead atoms. The fraction of sp³-hybridized carbons (Fsp3) is 0.577. The normalized spacial score (nSPS) is 27.2. The fourth-order valence-corrected chi connectivity index (χ4v) is 5.49. The predicted molar refractivity (Wildman–Crippen MR) is 120 cm³/mol. The molecule has 2 heterocycles. The van der Waals surface area contributed by atoms with Gasteiger partial charge in [-0.1, -0.05) is 50.1 Å². The summed E-state index contributed by atoms with van der Waals surface area (Å²) < 4.78 is 6.05. The van der Waals surface area contributed by atoms with Gasteiger partial charge in [-0.3, -0.25) is 4.98 Å². The standard InChI is InChI=1S/C14H19NO.C12H17NO/c1-4-9-15-13(5-1)12-6-10-16-14(11-12)7-2-3-8-14;1-2-13-11-7-8-12(14)10-6-4-3-5-9(10)11/h1,4-5,9,12H,2-3,6-8,10-11H2;3-6,11-14H,2,7-8H2,1H3/t;11-,12+/m.0/s1. The van der Waals surface area contributed by atoms with Crippen LogP contribution in [-0.4, -0.2) is 28.8 Å². The zero-order valence-electron chi connectivity index (χ0n) is 18.2. The van der Waals surface area contributed by atoms with E-state index in [4.69, 9.17) is 4.74 Å². The zero-order chi connectivity index (χ0) is 20.8. The molecular weight excluding hydrogens is 372 g/mol. The lowest BCUT2D eigenvalue weighted by atomic mass is 9.83. The van der Waals surface area contributed by atoms with Gasteiger partial charge in [-0.2, -0.15) is 0 Å². The zero-order valence-corrected chi connectivity index (χ0v) is 18.2. The Hall–Kier alpha value is -1.75. The van der Waals surface area contributed by atoms with Gasteiger partial charge >= 0.3 is 0 Å². The number of rotatable bonds is 3. The second kappa shape index (κ2) is 10.0. The summed E-state index contributed by atoms with van der Waals surface area (Å²) in [5.41, 5.74) is 3.84. The first-order valence-electron chi connectivity index (χ1n) is 11.8. The van der Waals surface area contributed by atoms with E-state index in [-0.39, 0.29) is 11.7 Å². The van der Waals surface area contributed by atoms with Gasteiger partial charge in [-0.05, 0) is 68.3 Å². The van der Waals surface area contributed by atoms with E-state index in [1.54, 1.807) is 0 Å². The van der Waals surface area contributed by atoms with Crippen molar-refractivity contribution < 1.29 is 9.84 Å². The molecule has 0 amide bonds. The molecule has 0 radical (unpaired) electrons. The largest absolute Gasteiger partial charge is 0.388 e.